The zero-order valence-electron chi connectivity index (χ0n) is 17.7. The smallest absolute Gasteiger partial charge is 0.223 e. The van der Waals surface area contributed by atoms with Gasteiger partial charge in [0, 0.05) is 24.8 Å². The number of nitrogens with zero attached hydrogens (tertiary/aromatic N) is 1. The van der Waals surface area contributed by atoms with E-state index in [2.05, 4.69) is 34.7 Å². The Labute approximate surface area is 174 Å². The van der Waals surface area contributed by atoms with Gasteiger partial charge in [0.1, 0.15) is 0 Å². The molecule has 6 heteroatoms. The van der Waals surface area contributed by atoms with Crippen LogP contribution in [-0.2, 0) is 15.0 Å². The molecule has 0 aromatic heterocycles. The van der Waals surface area contributed by atoms with E-state index in [-0.39, 0.29) is 29.2 Å². The third kappa shape index (κ3) is 5.58. The van der Waals surface area contributed by atoms with Crippen molar-refractivity contribution in [3.05, 3.63) is 35.9 Å². The molecule has 6 nitrogen and oxygen atoms in total. The van der Waals surface area contributed by atoms with Crippen molar-refractivity contribution in [3.8, 4) is 0 Å². The molecule has 1 heterocycles. The molecule has 1 aromatic carbocycles. The monoisotopic (exact) mass is 401 g/mol. The van der Waals surface area contributed by atoms with Crippen molar-refractivity contribution in [2.24, 2.45) is 5.92 Å². The number of aliphatic hydroxyl groups excluding tert-OH is 1. The molecular formula is C23H35N3O3. The molecule has 1 saturated heterocycles. The first-order valence-corrected chi connectivity index (χ1v) is 10.9. The molecule has 0 radical (unpaired) electrons. The van der Waals surface area contributed by atoms with Gasteiger partial charge in [-0.3, -0.25) is 9.59 Å². The zero-order chi connectivity index (χ0) is 20.9. The molecule has 1 aliphatic carbocycles. The summed E-state index contributed by atoms with van der Waals surface area (Å²) in [6, 6.07) is 10.1. The third-order valence-electron chi connectivity index (χ3n) is 6.78. The molecular weight excluding hydrogens is 366 g/mol. The Hall–Kier alpha value is -1.92. The van der Waals surface area contributed by atoms with Crippen molar-refractivity contribution >= 4 is 11.8 Å². The SMILES string of the molecule is CC(=O)N[C@H]1CC[C@](CNC(=O)C2CCN(C)CC2)(c2ccccc2)CC[C@@H]1O. The van der Waals surface area contributed by atoms with E-state index in [0.717, 1.165) is 38.8 Å². The first kappa shape index (κ1) is 21.8. The fourth-order valence-electron chi connectivity index (χ4n) is 4.83. The van der Waals surface area contributed by atoms with E-state index in [4.69, 9.17) is 0 Å². The molecule has 0 bridgehead atoms. The normalized spacial score (nSPS) is 29.1. The summed E-state index contributed by atoms with van der Waals surface area (Å²) in [4.78, 5) is 26.6. The molecule has 3 N–H and O–H groups in total. The lowest BCUT2D eigenvalue weighted by molar-refractivity contribution is -0.126. The number of rotatable bonds is 5. The lowest BCUT2D eigenvalue weighted by Gasteiger charge is -2.35. The Bertz CT molecular complexity index is 688. The van der Waals surface area contributed by atoms with E-state index in [1.165, 1.54) is 12.5 Å². The lowest BCUT2D eigenvalue weighted by Crippen LogP contribution is -2.45. The molecule has 2 fully saturated rings. The highest BCUT2D eigenvalue weighted by Crippen LogP contribution is 2.38. The van der Waals surface area contributed by atoms with Gasteiger partial charge in [-0.15, -0.1) is 0 Å². The molecule has 1 aromatic rings. The van der Waals surface area contributed by atoms with Crippen LogP contribution in [0.1, 0.15) is 51.0 Å². The second-order valence-electron chi connectivity index (χ2n) is 8.89. The summed E-state index contributed by atoms with van der Waals surface area (Å²) in [5, 5.41) is 16.7. The summed E-state index contributed by atoms with van der Waals surface area (Å²) in [5.74, 6) is 0.121. The Morgan fingerprint density at radius 1 is 1.10 bits per heavy atom. The van der Waals surface area contributed by atoms with Crippen LogP contribution in [0.15, 0.2) is 30.3 Å². The zero-order valence-corrected chi connectivity index (χ0v) is 17.7. The number of carbonyl (C=O) groups is 2. The lowest BCUT2D eigenvalue weighted by atomic mass is 9.74. The highest BCUT2D eigenvalue weighted by molar-refractivity contribution is 5.79. The van der Waals surface area contributed by atoms with Gasteiger partial charge >= 0.3 is 0 Å². The maximum absolute atomic E-state index is 12.8. The average molecular weight is 402 g/mol. The van der Waals surface area contributed by atoms with Crippen LogP contribution in [0.5, 0.6) is 0 Å². The number of carbonyl (C=O) groups excluding carboxylic acids is 2. The van der Waals surface area contributed by atoms with Crippen molar-refractivity contribution in [1.82, 2.24) is 15.5 Å². The summed E-state index contributed by atoms with van der Waals surface area (Å²) in [6.45, 7) is 3.99. The van der Waals surface area contributed by atoms with Crippen LogP contribution in [0, 0.1) is 5.92 Å². The van der Waals surface area contributed by atoms with Crippen molar-refractivity contribution in [1.29, 1.82) is 0 Å². The van der Waals surface area contributed by atoms with Crippen LogP contribution in [0.25, 0.3) is 0 Å². The number of piperidine rings is 1. The van der Waals surface area contributed by atoms with Crippen molar-refractivity contribution in [3.63, 3.8) is 0 Å². The molecule has 1 aliphatic heterocycles. The van der Waals surface area contributed by atoms with Crippen LogP contribution in [0.3, 0.4) is 0 Å². The molecule has 2 aliphatic rings. The third-order valence-corrected chi connectivity index (χ3v) is 6.78. The quantitative estimate of drug-likeness (QED) is 0.658. The van der Waals surface area contributed by atoms with E-state index in [1.807, 2.05) is 18.2 Å². The second kappa shape index (κ2) is 9.72. The molecule has 3 atom stereocenters. The number of nitrogens with one attached hydrogen (secondary N) is 2. The van der Waals surface area contributed by atoms with Crippen molar-refractivity contribution in [2.75, 3.05) is 26.7 Å². The minimum Gasteiger partial charge on any atom is -0.391 e. The predicted molar refractivity (Wildman–Crippen MR) is 113 cm³/mol. The van der Waals surface area contributed by atoms with Crippen LogP contribution in [-0.4, -0.2) is 60.6 Å². The van der Waals surface area contributed by atoms with Crippen LogP contribution >= 0.6 is 0 Å². The van der Waals surface area contributed by atoms with E-state index >= 15 is 0 Å². The molecule has 0 unspecified atom stereocenters. The molecule has 160 valence electrons. The number of likely N-dealkylation sites (tertiary alicyclic amines) is 1. The maximum atomic E-state index is 12.8. The number of hydrogen-bond acceptors (Lipinski definition) is 4. The van der Waals surface area contributed by atoms with Gasteiger partial charge in [-0.05, 0) is 64.2 Å². The summed E-state index contributed by atoms with van der Waals surface area (Å²) in [5.41, 5.74) is 0.968. The number of hydrogen-bond donors (Lipinski definition) is 3. The minimum absolute atomic E-state index is 0.0857. The molecule has 0 spiro atoms. The molecule has 29 heavy (non-hydrogen) atoms. The van der Waals surface area contributed by atoms with Crippen LogP contribution in [0.2, 0.25) is 0 Å². The highest BCUT2D eigenvalue weighted by atomic mass is 16.3. The van der Waals surface area contributed by atoms with Crippen molar-refractivity contribution < 1.29 is 14.7 Å². The van der Waals surface area contributed by atoms with Gasteiger partial charge in [0.15, 0.2) is 0 Å². The molecule has 3 rings (SSSR count). The average Bonchev–Trinajstić information content (AvgIpc) is 2.87. The number of aliphatic hydroxyl groups is 1. The summed E-state index contributed by atoms with van der Waals surface area (Å²) >= 11 is 0. The largest absolute Gasteiger partial charge is 0.391 e. The van der Waals surface area contributed by atoms with Gasteiger partial charge < -0.3 is 20.6 Å². The Morgan fingerprint density at radius 3 is 2.41 bits per heavy atom. The number of amides is 2. The highest BCUT2D eigenvalue weighted by Gasteiger charge is 2.39. The fourth-order valence-corrected chi connectivity index (χ4v) is 4.83. The summed E-state index contributed by atoms with van der Waals surface area (Å²) in [7, 11) is 2.10. The predicted octanol–water partition coefficient (Wildman–Crippen LogP) is 1.82. The first-order valence-electron chi connectivity index (χ1n) is 10.9. The van der Waals surface area contributed by atoms with Gasteiger partial charge in [0.2, 0.25) is 11.8 Å². The first-order chi connectivity index (χ1) is 13.9. The fraction of sp³-hybridized carbons (Fsp3) is 0.652. The van der Waals surface area contributed by atoms with E-state index < -0.39 is 6.10 Å². The van der Waals surface area contributed by atoms with E-state index in [1.54, 1.807) is 0 Å². The van der Waals surface area contributed by atoms with Crippen LogP contribution < -0.4 is 10.6 Å². The van der Waals surface area contributed by atoms with Gasteiger partial charge in [0.25, 0.3) is 0 Å². The van der Waals surface area contributed by atoms with Crippen LogP contribution in [0.4, 0.5) is 0 Å². The van der Waals surface area contributed by atoms with Gasteiger partial charge in [-0.1, -0.05) is 30.3 Å². The Balaban J connectivity index is 1.73. The number of benzene rings is 1. The van der Waals surface area contributed by atoms with Gasteiger partial charge in [0.05, 0.1) is 12.1 Å². The minimum atomic E-state index is -0.561. The second-order valence-corrected chi connectivity index (χ2v) is 8.89. The topological polar surface area (TPSA) is 81.7 Å². The van der Waals surface area contributed by atoms with Gasteiger partial charge in [-0.25, -0.2) is 0 Å². The molecule has 2 amide bonds. The Morgan fingerprint density at radius 2 is 1.76 bits per heavy atom. The Kier molecular flexibility index (Phi) is 7.30. The standard InChI is InChI=1S/C23H35N3O3/c1-17(27)25-20-8-12-23(13-9-21(20)28,19-6-4-3-5-7-19)16-24-22(29)18-10-14-26(2)15-11-18/h3-7,18,20-21,28H,8-16H2,1-2H3,(H,24,29)(H,25,27)/t20-,21-,23-/m0/s1. The van der Waals surface area contributed by atoms with Crippen molar-refractivity contribution in [2.45, 2.75) is 63.0 Å². The van der Waals surface area contributed by atoms with E-state index in [0.29, 0.717) is 19.4 Å². The summed E-state index contributed by atoms with van der Waals surface area (Å²) < 4.78 is 0. The van der Waals surface area contributed by atoms with E-state index in [9.17, 15) is 14.7 Å². The summed E-state index contributed by atoms with van der Waals surface area (Å²) in [6.07, 6.45) is 4.14. The maximum Gasteiger partial charge on any atom is 0.223 e. The van der Waals surface area contributed by atoms with Gasteiger partial charge in [-0.2, -0.15) is 0 Å². The molecule has 1 saturated carbocycles.